The minimum Gasteiger partial charge on any atom is -0.367 e. The molecule has 1 amide bonds. The first kappa shape index (κ1) is 23.2. The van der Waals surface area contributed by atoms with Crippen molar-refractivity contribution in [2.75, 3.05) is 44.2 Å². The van der Waals surface area contributed by atoms with E-state index in [4.69, 9.17) is 0 Å². The van der Waals surface area contributed by atoms with Crippen LogP contribution < -0.4 is 4.90 Å². The quantitative estimate of drug-likeness (QED) is 0.500. The minimum atomic E-state index is -3.62. The molecule has 0 spiro atoms. The van der Waals surface area contributed by atoms with Crippen molar-refractivity contribution in [3.63, 3.8) is 0 Å². The number of rotatable bonds is 4. The zero-order valence-corrected chi connectivity index (χ0v) is 20.8. The number of carbonyl (C=O) groups is 1. The zero-order valence-electron chi connectivity index (χ0n) is 18.4. The first-order valence-electron chi connectivity index (χ1n) is 11.2. The van der Waals surface area contributed by atoms with Gasteiger partial charge in [0.05, 0.1) is 16.3 Å². The second-order valence-electron chi connectivity index (χ2n) is 8.61. The summed E-state index contributed by atoms with van der Waals surface area (Å²) < 4.78 is 41.7. The third-order valence-electron chi connectivity index (χ3n) is 6.57. The van der Waals surface area contributed by atoms with Crippen molar-refractivity contribution in [2.45, 2.75) is 11.3 Å². The summed E-state index contributed by atoms with van der Waals surface area (Å²) in [7, 11) is -3.62. The standard InChI is InChI=1S/C24H24BrFN4O3S/c25-18-1-4-20(5-2-18)34(32,33)30-10-8-17(16-30)24(31)29-13-11-28(12-14-29)23-7-9-27-22-15-19(26)3-6-21(22)23/h1-7,9,15,17H,8,10-14,16H2. The Morgan fingerprint density at radius 2 is 1.74 bits per heavy atom. The molecular weight excluding hydrogens is 523 g/mol. The highest BCUT2D eigenvalue weighted by molar-refractivity contribution is 9.10. The van der Waals surface area contributed by atoms with Gasteiger partial charge in [-0.15, -0.1) is 0 Å². The summed E-state index contributed by atoms with van der Waals surface area (Å²) >= 11 is 3.32. The Morgan fingerprint density at radius 1 is 1.00 bits per heavy atom. The third-order valence-corrected chi connectivity index (χ3v) is 8.97. The van der Waals surface area contributed by atoms with Crippen LogP contribution in [0.3, 0.4) is 0 Å². The third kappa shape index (κ3) is 4.42. The van der Waals surface area contributed by atoms with Gasteiger partial charge < -0.3 is 9.80 Å². The van der Waals surface area contributed by atoms with Crippen molar-refractivity contribution in [3.05, 3.63) is 65.0 Å². The molecule has 0 bridgehead atoms. The molecule has 0 radical (unpaired) electrons. The minimum absolute atomic E-state index is 0.00909. The Balaban J connectivity index is 1.23. The summed E-state index contributed by atoms with van der Waals surface area (Å²) in [5.74, 6) is -0.642. The highest BCUT2D eigenvalue weighted by atomic mass is 79.9. The number of aromatic nitrogens is 1. The van der Waals surface area contributed by atoms with E-state index in [-0.39, 0.29) is 29.1 Å². The maximum atomic E-state index is 13.6. The smallest absolute Gasteiger partial charge is 0.243 e. The molecule has 5 rings (SSSR count). The number of amides is 1. The Hall–Kier alpha value is -2.56. The van der Waals surface area contributed by atoms with E-state index in [0.29, 0.717) is 44.7 Å². The number of nitrogens with zero attached hydrogens (tertiary/aromatic N) is 4. The number of hydrogen-bond acceptors (Lipinski definition) is 5. The largest absolute Gasteiger partial charge is 0.367 e. The fraction of sp³-hybridized carbons (Fsp3) is 0.333. The molecule has 2 saturated heterocycles. The molecule has 7 nitrogen and oxygen atoms in total. The molecule has 1 aromatic heterocycles. The maximum Gasteiger partial charge on any atom is 0.243 e. The number of fused-ring (bicyclic) bond motifs is 1. The van der Waals surface area contributed by atoms with Crippen LogP contribution in [0.2, 0.25) is 0 Å². The molecule has 34 heavy (non-hydrogen) atoms. The fourth-order valence-corrected chi connectivity index (χ4v) is 6.48. The summed E-state index contributed by atoms with van der Waals surface area (Å²) in [6, 6.07) is 13.1. The Bertz CT molecular complexity index is 1330. The molecule has 2 aromatic carbocycles. The Kier molecular flexibility index (Phi) is 6.30. The van der Waals surface area contributed by atoms with Gasteiger partial charge in [0.1, 0.15) is 5.82 Å². The highest BCUT2D eigenvalue weighted by Gasteiger charge is 2.38. The molecule has 0 N–H and O–H groups in total. The topological polar surface area (TPSA) is 73.8 Å². The van der Waals surface area contributed by atoms with Gasteiger partial charge in [0.25, 0.3) is 0 Å². The molecule has 2 fully saturated rings. The molecule has 3 aromatic rings. The normalized spacial score (nSPS) is 19.6. The van der Waals surface area contributed by atoms with Crippen molar-refractivity contribution in [1.82, 2.24) is 14.2 Å². The van der Waals surface area contributed by atoms with E-state index in [1.54, 1.807) is 36.5 Å². The predicted octanol–water partition coefficient (Wildman–Crippen LogP) is 3.50. The van der Waals surface area contributed by atoms with Gasteiger partial charge in [-0.05, 0) is 48.9 Å². The summed E-state index contributed by atoms with van der Waals surface area (Å²) in [5, 5.41) is 0.883. The maximum absolute atomic E-state index is 13.6. The van der Waals surface area contributed by atoms with Crippen LogP contribution >= 0.6 is 15.9 Å². The molecule has 1 unspecified atom stereocenters. The van der Waals surface area contributed by atoms with E-state index in [0.717, 1.165) is 15.5 Å². The number of sulfonamides is 1. The molecular formula is C24H24BrFN4O3S. The molecule has 10 heteroatoms. The van der Waals surface area contributed by atoms with Crippen molar-refractivity contribution < 1.29 is 17.6 Å². The van der Waals surface area contributed by atoms with Gasteiger partial charge in [0.15, 0.2) is 0 Å². The van der Waals surface area contributed by atoms with Crippen LogP contribution in [0, 0.1) is 11.7 Å². The SMILES string of the molecule is O=C(C1CCN(S(=O)(=O)c2ccc(Br)cc2)C1)N1CCN(c2ccnc3cc(F)ccc23)CC1. The molecule has 1 atom stereocenters. The molecule has 2 aliphatic heterocycles. The fourth-order valence-electron chi connectivity index (χ4n) is 4.71. The second-order valence-corrected chi connectivity index (χ2v) is 11.5. The first-order valence-corrected chi connectivity index (χ1v) is 13.4. The highest BCUT2D eigenvalue weighted by Crippen LogP contribution is 2.29. The van der Waals surface area contributed by atoms with E-state index in [9.17, 15) is 17.6 Å². The summed E-state index contributed by atoms with van der Waals surface area (Å²) in [6.07, 6.45) is 2.20. The van der Waals surface area contributed by atoms with Crippen molar-refractivity contribution in [2.24, 2.45) is 5.92 Å². The van der Waals surface area contributed by atoms with Crippen molar-refractivity contribution in [3.8, 4) is 0 Å². The van der Waals surface area contributed by atoms with Crippen molar-refractivity contribution in [1.29, 1.82) is 0 Å². The van der Waals surface area contributed by atoms with Crippen LogP contribution in [0.15, 0.2) is 64.1 Å². The molecule has 3 heterocycles. The lowest BCUT2D eigenvalue weighted by molar-refractivity contribution is -0.135. The van der Waals surface area contributed by atoms with Gasteiger partial charge in [0, 0.05) is 67.1 Å². The van der Waals surface area contributed by atoms with Gasteiger partial charge in [-0.2, -0.15) is 4.31 Å². The van der Waals surface area contributed by atoms with Gasteiger partial charge in [-0.25, -0.2) is 12.8 Å². The van der Waals surface area contributed by atoms with Crippen LogP contribution in [0.25, 0.3) is 10.9 Å². The van der Waals surface area contributed by atoms with E-state index in [1.807, 2.05) is 11.0 Å². The summed E-state index contributed by atoms with van der Waals surface area (Å²) in [5.41, 5.74) is 1.58. The van der Waals surface area contributed by atoms with Gasteiger partial charge in [-0.1, -0.05) is 15.9 Å². The Labute approximate surface area is 206 Å². The van der Waals surface area contributed by atoms with E-state index < -0.39 is 10.0 Å². The number of halogens is 2. The van der Waals surface area contributed by atoms with Crippen LogP contribution in [-0.2, 0) is 14.8 Å². The number of carbonyl (C=O) groups excluding carboxylic acids is 1. The molecule has 0 saturated carbocycles. The monoisotopic (exact) mass is 546 g/mol. The van der Waals surface area contributed by atoms with E-state index in [1.165, 1.54) is 16.4 Å². The van der Waals surface area contributed by atoms with Crippen LogP contribution in [0.1, 0.15) is 6.42 Å². The van der Waals surface area contributed by atoms with Gasteiger partial charge in [-0.3, -0.25) is 9.78 Å². The first-order chi connectivity index (χ1) is 16.3. The Morgan fingerprint density at radius 3 is 2.47 bits per heavy atom. The number of benzene rings is 2. The lowest BCUT2D eigenvalue weighted by Gasteiger charge is -2.37. The lowest BCUT2D eigenvalue weighted by atomic mass is 10.1. The molecule has 2 aliphatic rings. The zero-order chi connectivity index (χ0) is 23.9. The average molecular weight is 547 g/mol. The molecule has 178 valence electrons. The predicted molar refractivity (Wildman–Crippen MR) is 132 cm³/mol. The van der Waals surface area contributed by atoms with Gasteiger partial charge in [0.2, 0.25) is 15.9 Å². The van der Waals surface area contributed by atoms with E-state index >= 15 is 0 Å². The number of anilines is 1. The van der Waals surface area contributed by atoms with Crippen LogP contribution in [-0.4, -0.2) is 67.8 Å². The number of pyridine rings is 1. The van der Waals surface area contributed by atoms with Crippen LogP contribution in [0.5, 0.6) is 0 Å². The van der Waals surface area contributed by atoms with E-state index in [2.05, 4.69) is 25.8 Å². The lowest BCUT2D eigenvalue weighted by Crippen LogP contribution is -2.50. The average Bonchev–Trinajstić information content (AvgIpc) is 3.35. The summed E-state index contributed by atoms with van der Waals surface area (Å²) in [4.78, 5) is 21.7. The molecule has 0 aliphatic carbocycles. The second kappa shape index (κ2) is 9.24. The number of hydrogen-bond donors (Lipinski definition) is 0. The van der Waals surface area contributed by atoms with Crippen molar-refractivity contribution >= 4 is 48.5 Å². The summed E-state index contributed by atoms with van der Waals surface area (Å²) in [6.45, 7) is 2.96. The number of piperazine rings is 1. The van der Waals surface area contributed by atoms with Gasteiger partial charge >= 0.3 is 0 Å². The van der Waals surface area contributed by atoms with Crippen LogP contribution in [0.4, 0.5) is 10.1 Å².